The molecule has 3 aromatic rings. The first-order valence-electron chi connectivity index (χ1n) is 10.6. The van der Waals surface area contributed by atoms with Gasteiger partial charge >= 0.3 is 0 Å². The minimum Gasteiger partial charge on any atom is -0.490 e. The van der Waals surface area contributed by atoms with Crippen LogP contribution in [0.15, 0.2) is 66.0 Å². The van der Waals surface area contributed by atoms with Crippen molar-refractivity contribution < 1.29 is 9.84 Å². The molecule has 0 spiro atoms. The van der Waals surface area contributed by atoms with Crippen LogP contribution in [0.4, 0.5) is 0 Å². The molecule has 1 saturated heterocycles. The number of ether oxygens (including phenoxy) is 1. The van der Waals surface area contributed by atoms with Gasteiger partial charge in [0.15, 0.2) is 0 Å². The third kappa shape index (κ3) is 4.55. The molecule has 0 unspecified atom stereocenters. The van der Waals surface area contributed by atoms with Gasteiger partial charge < -0.3 is 19.7 Å². The largest absolute Gasteiger partial charge is 0.490 e. The Morgan fingerprint density at radius 3 is 2.67 bits per heavy atom. The van der Waals surface area contributed by atoms with E-state index in [2.05, 4.69) is 39.3 Å². The van der Waals surface area contributed by atoms with E-state index in [1.165, 1.54) is 5.56 Å². The number of benzene rings is 2. The van der Waals surface area contributed by atoms with Gasteiger partial charge in [-0.05, 0) is 61.5 Å². The summed E-state index contributed by atoms with van der Waals surface area (Å²) in [6, 6.07) is 18.3. The quantitative estimate of drug-likeness (QED) is 0.524. The van der Waals surface area contributed by atoms with Crippen LogP contribution in [0, 0.1) is 4.91 Å². The predicted molar refractivity (Wildman–Crippen MR) is 119 cm³/mol. The van der Waals surface area contributed by atoms with E-state index in [9.17, 15) is 10.0 Å². The van der Waals surface area contributed by atoms with Gasteiger partial charge in [-0.1, -0.05) is 41.6 Å². The normalized spacial score (nSPS) is 17.6. The number of β-amino-alcohol motifs (C(OH)–C–C–N with tert-alkyl or cyclic N) is 1. The fraction of sp³-hybridized carbons (Fsp3) is 0.417. The van der Waals surface area contributed by atoms with Gasteiger partial charge in [0.25, 0.3) is 0 Å². The van der Waals surface area contributed by atoms with Crippen molar-refractivity contribution in [3.8, 4) is 5.75 Å². The number of nitroso groups, excluding NO2 is 1. The summed E-state index contributed by atoms with van der Waals surface area (Å²) in [5.74, 6) is 0.788. The number of aromatic nitrogens is 1. The second-order valence-corrected chi connectivity index (χ2v) is 8.21. The van der Waals surface area contributed by atoms with E-state index in [1.54, 1.807) is 0 Å². The van der Waals surface area contributed by atoms with Crippen molar-refractivity contribution in [3.05, 3.63) is 71.3 Å². The standard InChI is InChI=1S/C24H29N3O3/c28-20(18-30-23-8-4-7-22-21(23)9-13-25-22)17-27-15-11-24(12-16-27,10-14-26-29)19-5-2-1-3-6-19/h1-9,13,20,25,28H,10-12,14-18H2/t20-/m0/s1. The van der Waals surface area contributed by atoms with Crippen molar-refractivity contribution in [3.63, 3.8) is 0 Å². The number of hydrogen-bond donors (Lipinski definition) is 2. The highest BCUT2D eigenvalue weighted by atomic mass is 16.5. The zero-order valence-electron chi connectivity index (χ0n) is 17.2. The van der Waals surface area contributed by atoms with E-state index in [0.29, 0.717) is 13.1 Å². The van der Waals surface area contributed by atoms with Crippen molar-refractivity contribution in [2.45, 2.75) is 30.8 Å². The number of H-pyrrole nitrogens is 1. The minimum absolute atomic E-state index is 0.00293. The molecule has 4 rings (SSSR count). The molecule has 2 aromatic carbocycles. The van der Waals surface area contributed by atoms with Crippen molar-refractivity contribution in [1.29, 1.82) is 0 Å². The third-order valence-electron chi connectivity index (χ3n) is 6.34. The molecule has 0 radical (unpaired) electrons. The number of aliphatic hydroxyl groups excluding tert-OH is 1. The first kappa shape index (κ1) is 20.6. The molecule has 6 heteroatoms. The Kier molecular flexibility index (Phi) is 6.45. The number of fused-ring (bicyclic) bond motifs is 1. The summed E-state index contributed by atoms with van der Waals surface area (Å²) in [4.78, 5) is 16.2. The molecular formula is C24H29N3O3. The Bertz CT molecular complexity index is 948. The van der Waals surface area contributed by atoms with Gasteiger partial charge in [-0.25, -0.2) is 0 Å². The number of rotatable bonds is 9. The second kappa shape index (κ2) is 9.41. The van der Waals surface area contributed by atoms with Crippen LogP contribution < -0.4 is 4.74 Å². The average Bonchev–Trinajstić information content (AvgIpc) is 3.28. The van der Waals surface area contributed by atoms with Gasteiger partial charge in [0, 0.05) is 23.6 Å². The number of nitrogens with one attached hydrogen (secondary N) is 1. The zero-order valence-corrected chi connectivity index (χ0v) is 17.2. The lowest BCUT2D eigenvalue weighted by molar-refractivity contribution is 0.0500. The van der Waals surface area contributed by atoms with Gasteiger partial charge in [0.1, 0.15) is 18.5 Å². The number of hydrogen-bond acceptors (Lipinski definition) is 5. The van der Waals surface area contributed by atoms with Crippen LogP contribution in [0.5, 0.6) is 5.75 Å². The Labute approximate surface area is 176 Å². The Morgan fingerprint density at radius 1 is 1.10 bits per heavy atom. The molecule has 1 fully saturated rings. The lowest BCUT2D eigenvalue weighted by Crippen LogP contribution is -2.46. The first-order chi connectivity index (χ1) is 14.7. The summed E-state index contributed by atoms with van der Waals surface area (Å²) in [7, 11) is 0. The minimum atomic E-state index is -0.555. The molecule has 0 aliphatic carbocycles. The molecule has 6 nitrogen and oxygen atoms in total. The summed E-state index contributed by atoms with van der Waals surface area (Å²) < 4.78 is 5.90. The number of piperidine rings is 1. The Morgan fingerprint density at radius 2 is 1.90 bits per heavy atom. The number of aliphatic hydroxyl groups is 1. The first-order valence-corrected chi connectivity index (χ1v) is 10.6. The highest BCUT2D eigenvalue weighted by Gasteiger charge is 2.36. The molecule has 2 heterocycles. The molecule has 0 amide bonds. The van der Waals surface area contributed by atoms with Crippen molar-refractivity contribution in [2.75, 3.05) is 32.8 Å². The molecule has 0 saturated carbocycles. The Hall–Kier alpha value is -2.70. The van der Waals surface area contributed by atoms with Gasteiger partial charge in [-0.15, -0.1) is 0 Å². The molecule has 2 N–H and O–H groups in total. The lowest BCUT2D eigenvalue weighted by Gasteiger charge is -2.42. The molecular weight excluding hydrogens is 378 g/mol. The van der Waals surface area contributed by atoms with Crippen molar-refractivity contribution in [1.82, 2.24) is 9.88 Å². The molecule has 1 aliphatic rings. The number of nitrogens with zero attached hydrogens (tertiary/aromatic N) is 2. The van der Waals surface area contributed by atoms with E-state index in [4.69, 9.17) is 4.74 Å². The number of aromatic amines is 1. The molecule has 30 heavy (non-hydrogen) atoms. The van der Waals surface area contributed by atoms with Crippen LogP contribution in [-0.2, 0) is 5.41 Å². The van der Waals surface area contributed by atoms with Crippen LogP contribution in [-0.4, -0.2) is 53.9 Å². The summed E-state index contributed by atoms with van der Waals surface area (Å²) in [5, 5.41) is 14.7. The van der Waals surface area contributed by atoms with Crippen LogP contribution in [0.1, 0.15) is 24.8 Å². The van der Waals surface area contributed by atoms with Gasteiger partial charge in [0.2, 0.25) is 0 Å². The fourth-order valence-electron chi connectivity index (χ4n) is 4.62. The van der Waals surface area contributed by atoms with E-state index in [-0.39, 0.29) is 12.0 Å². The second-order valence-electron chi connectivity index (χ2n) is 8.21. The maximum atomic E-state index is 10.8. The highest BCUT2D eigenvalue weighted by Crippen LogP contribution is 2.38. The molecule has 158 valence electrons. The van der Waals surface area contributed by atoms with Crippen molar-refractivity contribution in [2.24, 2.45) is 5.18 Å². The van der Waals surface area contributed by atoms with Crippen LogP contribution in [0.25, 0.3) is 10.9 Å². The van der Waals surface area contributed by atoms with E-state index in [0.717, 1.165) is 49.0 Å². The van der Waals surface area contributed by atoms with Crippen LogP contribution in [0.3, 0.4) is 0 Å². The summed E-state index contributed by atoms with van der Waals surface area (Å²) in [6.45, 7) is 2.96. The molecule has 1 aromatic heterocycles. The molecule has 0 bridgehead atoms. The van der Waals surface area contributed by atoms with Gasteiger partial charge in [-0.3, -0.25) is 0 Å². The molecule has 1 aliphatic heterocycles. The smallest absolute Gasteiger partial charge is 0.128 e. The summed E-state index contributed by atoms with van der Waals surface area (Å²) in [6.07, 6.45) is 4.03. The van der Waals surface area contributed by atoms with Crippen molar-refractivity contribution >= 4 is 10.9 Å². The zero-order chi connectivity index (χ0) is 20.8. The summed E-state index contributed by atoms with van der Waals surface area (Å²) >= 11 is 0. The van der Waals surface area contributed by atoms with Gasteiger partial charge in [-0.2, -0.15) is 4.91 Å². The van der Waals surface area contributed by atoms with Gasteiger partial charge in [0.05, 0.1) is 6.54 Å². The van der Waals surface area contributed by atoms with Crippen LogP contribution >= 0.6 is 0 Å². The maximum Gasteiger partial charge on any atom is 0.128 e. The lowest BCUT2D eigenvalue weighted by atomic mass is 9.70. The predicted octanol–water partition coefficient (Wildman–Crippen LogP) is 4.10. The topological polar surface area (TPSA) is 77.9 Å². The Balaban J connectivity index is 1.32. The average molecular weight is 408 g/mol. The maximum absolute atomic E-state index is 10.8. The third-order valence-corrected chi connectivity index (χ3v) is 6.34. The monoisotopic (exact) mass is 407 g/mol. The van der Waals surface area contributed by atoms with E-state index < -0.39 is 6.10 Å². The number of likely N-dealkylation sites (tertiary alicyclic amines) is 1. The van der Waals surface area contributed by atoms with Crippen LogP contribution in [0.2, 0.25) is 0 Å². The fourth-order valence-corrected chi connectivity index (χ4v) is 4.62. The summed E-state index contributed by atoms with van der Waals surface area (Å²) in [5.41, 5.74) is 2.31. The van der Waals surface area contributed by atoms with E-state index >= 15 is 0 Å². The molecule has 1 atom stereocenters. The highest BCUT2D eigenvalue weighted by molar-refractivity contribution is 5.85. The SMILES string of the molecule is O=NCCC1(c2ccccc2)CCN(C[C@H](O)COc2cccc3[nH]ccc23)CC1. The van der Waals surface area contributed by atoms with E-state index in [1.807, 2.05) is 36.5 Å².